The van der Waals surface area contributed by atoms with Crippen LogP contribution in [0.5, 0.6) is 11.5 Å². The van der Waals surface area contributed by atoms with E-state index in [9.17, 15) is 4.79 Å². The molecule has 1 aliphatic rings. The average molecular weight is 269 g/mol. The topological polar surface area (TPSA) is 35.5 Å². The van der Waals surface area contributed by atoms with Gasteiger partial charge in [0.05, 0.1) is 18.7 Å². The fourth-order valence-corrected chi connectivity index (χ4v) is 2.10. The van der Waals surface area contributed by atoms with Gasteiger partial charge in [-0.05, 0) is 42.9 Å². The van der Waals surface area contributed by atoms with Crippen LogP contribution >= 0.6 is 11.6 Å². The third-order valence-corrected chi connectivity index (χ3v) is 3.28. The van der Waals surface area contributed by atoms with Crippen molar-refractivity contribution in [2.45, 2.75) is 25.7 Å². The molecule has 0 radical (unpaired) electrons. The Balaban J connectivity index is 2.15. The number of hydrogen-bond acceptors (Lipinski definition) is 3. The summed E-state index contributed by atoms with van der Waals surface area (Å²) in [7, 11) is 1.58. The third-order valence-electron chi connectivity index (χ3n) is 3.00. The molecule has 0 atom stereocenters. The molecule has 0 amide bonds. The minimum atomic E-state index is 0.491. The molecule has 1 saturated carbocycles. The highest BCUT2D eigenvalue weighted by Gasteiger charge is 2.23. The summed E-state index contributed by atoms with van der Waals surface area (Å²) >= 11 is 6.15. The Labute approximate surface area is 112 Å². The molecule has 1 aromatic rings. The zero-order chi connectivity index (χ0) is 13.0. The van der Waals surface area contributed by atoms with Crippen molar-refractivity contribution in [2.24, 2.45) is 5.92 Å². The fraction of sp³-hybridized carbons (Fsp3) is 0.500. The van der Waals surface area contributed by atoms with Gasteiger partial charge in [0, 0.05) is 6.42 Å². The first kappa shape index (κ1) is 13.2. The fourth-order valence-electron chi connectivity index (χ4n) is 1.79. The monoisotopic (exact) mass is 268 g/mol. The lowest BCUT2D eigenvalue weighted by Crippen LogP contribution is -2.02. The van der Waals surface area contributed by atoms with Gasteiger partial charge in [-0.25, -0.2) is 0 Å². The standard InChI is InChI=1S/C14H17ClO3/c1-17-14-12(15)7-11(3-2-6-16)8-13(14)18-9-10-4-5-10/h6-8,10H,2-5,9H2,1H3. The Morgan fingerprint density at radius 1 is 1.44 bits per heavy atom. The molecule has 0 heterocycles. The van der Waals surface area contributed by atoms with Gasteiger partial charge in [0.1, 0.15) is 6.29 Å². The first-order valence-corrected chi connectivity index (χ1v) is 6.55. The molecule has 1 aromatic carbocycles. The van der Waals surface area contributed by atoms with Crippen LogP contribution in [0.2, 0.25) is 5.02 Å². The normalized spacial score (nSPS) is 14.3. The lowest BCUT2D eigenvalue weighted by molar-refractivity contribution is -0.107. The minimum absolute atomic E-state index is 0.491. The highest BCUT2D eigenvalue weighted by molar-refractivity contribution is 6.32. The van der Waals surface area contributed by atoms with Gasteiger partial charge in [-0.1, -0.05) is 11.6 Å². The quantitative estimate of drug-likeness (QED) is 0.712. The van der Waals surface area contributed by atoms with Crippen LogP contribution in [-0.2, 0) is 11.2 Å². The van der Waals surface area contributed by atoms with Crippen LogP contribution in [0, 0.1) is 5.92 Å². The molecule has 0 aromatic heterocycles. The molecule has 0 N–H and O–H groups in total. The van der Waals surface area contributed by atoms with E-state index >= 15 is 0 Å². The number of rotatable bonds is 7. The van der Waals surface area contributed by atoms with Crippen molar-refractivity contribution in [3.8, 4) is 11.5 Å². The molecule has 3 nitrogen and oxygen atoms in total. The maximum absolute atomic E-state index is 10.4. The van der Waals surface area contributed by atoms with Crippen molar-refractivity contribution in [3.63, 3.8) is 0 Å². The molecule has 1 aliphatic carbocycles. The number of aryl methyl sites for hydroxylation is 1. The number of carbonyl (C=O) groups excluding carboxylic acids is 1. The number of aldehydes is 1. The van der Waals surface area contributed by atoms with Gasteiger partial charge in [0.2, 0.25) is 0 Å². The van der Waals surface area contributed by atoms with Crippen LogP contribution in [0.15, 0.2) is 12.1 Å². The van der Waals surface area contributed by atoms with Crippen molar-refractivity contribution < 1.29 is 14.3 Å². The van der Waals surface area contributed by atoms with E-state index in [2.05, 4.69) is 0 Å². The Morgan fingerprint density at radius 3 is 2.83 bits per heavy atom. The molecule has 18 heavy (non-hydrogen) atoms. The number of halogens is 1. The number of ether oxygens (including phenoxy) is 2. The molecule has 0 unspecified atom stereocenters. The molecule has 0 spiro atoms. The van der Waals surface area contributed by atoms with Gasteiger partial charge < -0.3 is 14.3 Å². The van der Waals surface area contributed by atoms with Gasteiger partial charge in [0.15, 0.2) is 11.5 Å². The van der Waals surface area contributed by atoms with E-state index in [1.54, 1.807) is 7.11 Å². The Kier molecular flexibility index (Phi) is 4.48. The lowest BCUT2D eigenvalue weighted by atomic mass is 10.1. The molecular weight excluding hydrogens is 252 g/mol. The van der Waals surface area contributed by atoms with Crippen molar-refractivity contribution in [2.75, 3.05) is 13.7 Å². The maximum Gasteiger partial charge on any atom is 0.179 e. The summed E-state index contributed by atoms with van der Waals surface area (Å²) in [5.74, 6) is 1.93. The Hall–Kier alpha value is -1.22. The summed E-state index contributed by atoms with van der Waals surface area (Å²) in [6, 6.07) is 3.74. The van der Waals surface area contributed by atoms with Crippen LogP contribution in [0.25, 0.3) is 0 Å². The van der Waals surface area contributed by atoms with E-state index in [0.29, 0.717) is 41.9 Å². The summed E-state index contributed by atoms with van der Waals surface area (Å²) in [6.45, 7) is 0.712. The van der Waals surface area contributed by atoms with E-state index in [-0.39, 0.29) is 0 Å². The Bertz CT molecular complexity index is 427. The van der Waals surface area contributed by atoms with Crippen LogP contribution < -0.4 is 9.47 Å². The van der Waals surface area contributed by atoms with E-state index in [4.69, 9.17) is 21.1 Å². The molecule has 0 aliphatic heterocycles. The van der Waals surface area contributed by atoms with Crippen LogP contribution in [0.1, 0.15) is 24.8 Å². The molecule has 4 heteroatoms. The van der Waals surface area contributed by atoms with Gasteiger partial charge in [0.25, 0.3) is 0 Å². The summed E-state index contributed by atoms with van der Waals surface area (Å²) in [4.78, 5) is 10.4. The van der Waals surface area contributed by atoms with E-state index in [1.165, 1.54) is 12.8 Å². The summed E-state index contributed by atoms with van der Waals surface area (Å²) in [5.41, 5.74) is 0.999. The van der Waals surface area contributed by atoms with Gasteiger partial charge in [-0.3, -0.25) is 0 Å². The zero-order valence-electron chi connectivity index (χ0n) is 10.4. The number of methoxy groups -OCH3 is 1. The number of carbonyl (C=O) groups is 1. The highest BCUT2D eigenvalue weighted by atomic mass is 35.5. The molecular formula is C14H17ClO3. The molecule has 0 bridgehead atoms. The molecule has 1 fully saturated rings. The van der Waals surface area contributed by atoms with E-state index < -0.39 is 0 Å². The smallest absolute Gasteiger partial charge is 0.179 e. The summed E-state index contributed by atoms with van der Waals surface area (Å²) in [5, 5.41) is 0.534. The average Bonchev–Trinajstić information content (AvgIpc) is 3.17. The van der Waals surface area contributed by atoms with E-state index in [1.807, 2.05) is 12.1 Å². The first-order chi connectivity index (χ1) is 8.74. The molecule has 0 saturated heterocycles. The van der Waals surface area contributed by atoms with Crippen LogP contribution in [0.4, 0.5) is 0 Å². The largest absolute Gasteiger partial charge is 0.491 e. The number of benzene rings is 1. The second-order valence-electron chi connectivity index (χ2n) is 4.57. The van der Waals surface area contributed by atoms with Crippen LogP contribution in [0.3, 0.4) is 0 Å². The van der Waals surface area contributed by atoms with Gasteiger partial charge in [-0.15, -0.1) is 0 Å². The minimum Gasteiger partial charge on any atom is -0.491 e. The molecule has 2 rings (SSSR count). The van der Waals surface area contributed by atoms with Crippen molar-refractivity contribution >= 4 is 17.9 Å². The van der Waals surface area contributed by atoms with Gasteiger partial charge >= 0.3 is 0 Å². The lowest BCUT2D eigenvalue weighted by Gasteiger charge is -2.13. The molecule has 98 valence electrons. The van der Waals surface area contributed by atoms with Crippen LogP contribution in [-0.4, -0.2) is 20.0 Å². The predicted molar refractivity (Wildman–Crippen MR) is 70.6 cm³/mol. The maximum atomic E-state index is 10.4. The first-order valence-electron chi connectivity index (χ1n) is 6.17. The number of hydrogen-bond donors (Lipinski definition) is 0. The zero-order valence-corrected chi connectivity index (χ0v) is 11.2. The van der Waals surface area contributed by atoms with Gasteiger partial charge in [-0.2, -0.15) is 0 Å². The highest BCUT2D eigenvalue weighted by Crippen LogP contribution is 2.38. The van der Waals surface area contributed by atoms with Crippen molar-refractivity contribution in [1.82, 2.24) is 0 Å². The summed E-state index contributed by atoms with van der Waals surface area (Å²) < 4.78 is 11.0. The Morgan fingerprint density at radius 2 is 2.22 bits per heavy atom. The third kappa shape index (κ3) is 3.39. The van der Waals surface area contributed by atoms with E-state index in [0.717, 1.165) is 11.8 Å². The SMILES string of the molecule is COc1c(Cl)cc(CCC=O)cc1OCC1CC1. The second kappa shape index (κ2) is 6.10. The summed E-state index contributed by atoms with van der Waals surface area (Å²) in [6.07, 6.45) is 4.54. The predicted octanol–water partition coefficient (Wildman–Crippen LogP) is 3.27. The van der Waals surface area contributed by atoms with Crippen molar-refractivity contribution in [3.05, 3.63) is 22.7 Å². The van der Waals surface area contributed by atoms with Crippen molar-refractivity contribution in [1.29, 1.82) is 0 Å². The second-order valence-corrected chi connectivity index (χ2v) is 4.98.